The van der Waals surface area contributed by atoms with E-state index in [1.165, 1.54) is 35.5 Å². The minimum atomic E-state index is -0.990. The Bertz CT molecular complexity index is 929. The Balaban J connectivity index is 2.79. The van der Waals surface area contributed by atoms with Gasteiger partial charge in [0.25, 0.3) is 0 Å². The first kappa shape index (κ1) is 23.0. The van der Waals surface area contributed by atoms with Crippen LogP contribution in [0.5, 0.6) is 17.2 Å². The summed E-state index contributed by atoms with van der Waals surface area (Å²) in [5, 5.41) is 0. The van der Waals surface area contributed by atoms with Crippen molar-refractivity contribution in [2.45, 2.75) is 6.48 Å². The molecular weight excluding hydrogens is 388 g/mol. The summed E-state index contributed by atoms with van der Waals surface area (Å²) in [5.74, 6) is 0.626. The Morgan fingerprint density at radius 1 is 1.00 bits per heavy atom. The summed E-state index contributed by atoms with van der Waals surface area (Å²) < 4.78 is 32.2. The van der Waals surface area contributed by atoms with Crippen LogP contribution in [0.4, 0.5) is 0 Å². The summed E-state index contributed by atoms with van der Waals surface area (Å²) in [6.07, 6.45) is 1.67. The van der Waals surface area contributed by atoms with Crippen LogP contribution in [0.3, 0.4) is 0 Å². The first-order valence-electron chi connectivity index (χ1n) is 8.97. The van der Waals surface area contributed by atoms with E-state index >= 15 is 0 Å². The summed E-state index contributed by atoms with van der Waals surface area (Å²) in [7, 11) is 7.25. The highest BCUT2D eigenvalue weighted by Gasteiger charge is 2.25. The van der Waals surface area contributed by atoms with Gasteiger partial charge < -0.3 is 28.4 Å². The SMILES string of the molecule is C=Cc1cc(OC)c(OC)c(OC(OC)OC)c1-c1cccc(C(=C)C(=O)OC)c1. The first-order chi connectivity index (χ1) is 14.4. The van der Waals surface area contributed by atoms with Crippen LogP contribution in [0.25, 0.3) is 22.8 Å². The molecule has 0 bridgehead atoms. The Morgan fingerprint density at radius 3 is 2.23 bits per heavy atom. The van der Waals surface area contributed by atoms with Gasteiger partial charge in [0.05, 0.1) is 26.9 Å². The molecule has 0 aromatic heterocycles. The first-order valence-corrected chi connectivity index (χ1v) is 8.97. The zero-order chi connectivity index (χ0) is 22.3. The Morgan fingerprint density at radius 2 is 1.70 bits per heavy atom. The second-order valence-corrected chi connectivity index (χ2v) is 6.04. The van der Waals surface area contributed by atoms with Crippen molar-refractivity contribution in [1.29, 1.82) is 0 Å². The van der Waals surface area contributed by atoms with Gasteiger partial charge in [-0.15, -0.1) is 0 Å². The number of methoxy groups -OCH3 is 5. The van der Waals surface area contributed by atoms with E-state index in [4.69, 9.17) is 28.4 Å². The van der Waals surface area contributed by atoms with Gasteiger partial charge in [0.15, 0.2) is 11.5 Å². The molecule has 0 heterocycles. The average molecular weight is 414 g/mol. The van der Waals surface area contributed by atoms with Crippen LogP contribution in [0.15, 0.2) is 43.5 Å². The van der Waals surface area contributed by atoms with Crippen LogP contribution in [0.1, 0.15) is 11.1 Å². The van der Waals surface area contributed by atoms with Crippen LogP contribution in [0.2, 0.25) is 0 Å². The van der Waals surface area contributed by atoms with E-state index in [-0.39, 0.29) is 5.57 Å². The molecule has 7 nitrogen and oxygen atoms in total. The van der Waals surface area contributed by atoms with Crippen LogP contribution >= 0.6 is 0 Å². The summed E-state index contributed by atoms with van der Waals surface area (Å²) in [5.41, 5.74) is 2.93. The number of hydrogen-bond acceptors (Lipinski definition) is 7. The molecule has 2 rings (SSSR count). The maximum atomic E-state index is 11.9. The van der Waals surface area contributed by atoms with Gasteiger partial charge in [-0.1, -0.05) is 37.4 Å². The third kappa shape index (κ3) is 4.64. The summed E-state index contributed by atoms with van der Waals surface area (Å²) in [6, 6.07) is 9.02. The van der Waals surface area contributed by atoms with Crippen LogP contribution in [0, 0.1) is 0 Å². The number of rotatable bonds is 10. The van der Waals surface area contributed by atoms with Gasteiger partial charge in [-0.3, -0.25) is 0 Å². The van der Waals surface area contributed by atoms with E-state index in [9.17, 15) is 4.79 Å². The largest absolute Gasteiger partial charge is 0.493 e. The molecule has 0 atom stereocenters. The normalized spacial score (nSPS) is 10.5. The van der Waals surface area contributed by atoms with Crippen molar-refractivity contribution in [2.24, 2.45) is 0 Å². The standard InChI is InChI=1S/C23H26O7/c1-8-15-13-18(25-3)20(26-4)21(30-23(28-6)29-7)19(15)17-11-9-10-16(12-17)14(2)22(24)27-5/h8-13,23H,1-2H2,3-7H3. The lowest BCUT2D eigenvalue weighted by Crippen LogP contribution is -2.21. The highest BCUT2D eigenvalue weighted by molar-refractivity contribution is 6.15. The lowest BCUT2D eigenvalue weighted by atomic mass is 9.94. The number of carbonyl (C=O) groups excluding carboxylic acids is 1. The molecular formula is C23H26O7. The molecule has 30 heavy (non-hydrogen) atoms. The average Bonchev–Trinajstić information content (AvgIpc) is 2.80. The van der Waals surface area contributed by atoms with E-state index in [2.05, 4.69) is 13.2 Å². The lowest BCUT2D eigenvalue weighted by Gasteiger charge is -2.23. The number of carbonyl (C=O) groups is 1. The van der Waals surface area contributed by atoms with Gasteiger partial charge in [0, 0.05) is 19.8 Å². The van der Waals surface area contributed by atoms with E-state index in [0.717, 1.165) is 11.1 Å². The molecule has 0 unspecified atom stereocenters. The molecule has 160 valence electrons. The smallest absolute Gasteiger partial charge is 0.337 e. The van der Waals surface area contributed by atoms with Gasteiger partial charge in [0.1, 0.15) is 0 Å². The molecule has 0 radical (unpaired) electrons. The van der Waals surface area contributed by atoms with Crippen LogP contribution in [-0.4, -0.2) is 48.0 Å². The van der Waals surface area contributed by atoms with Crippen molar-refractivity contribution in [3.05, 3.63) is 54.6 Å². The maximum absolute atomic E-state index is 11.9. The summed E-state index contributed by atoms with van der Waals surface area (Å²) in [4.78, 5) is 11.9. The molecule has 0 aliphatic heterocycles. The molecule has 0 N–H and O–H groups in total. The van der Waals surface area contributed by atoms with Gasteiger partial charge in [-0.2, -0.15) is 0 Å². The predicted octanol–water partition coefficient (Wildman–Crippen LogP) is 4.16. The number of benzene rings is 2. The zero-order valence-electron chi connectivity index (χ0n) is 17.8. The minimum Gasteiger partial charge on any atom is -0.493 e. The molecule has 7 heteroatoms. The van der Waals surface area contributed by atoms with Crippen molar-refractivity contribution in [1.82, 2.24) is 0 Å². The molecule has 0 saturated heterocycles. The van der Waals surface area contributed by atoms with Crippen molar-refractivity contribution in [3.8, 4) is 28.4 Å². The molecule has 2 aromatic rings. The second kappa shape index (κ2) is 10.5. The topological polar surface area (TPSA) is 72.5 Å². The number of esters is 1. The fourth-order valence-corrected chi connectivity index (χ4v) is 2.94. The van der Waals surface area contributed by atoms with Crippen molar-refractivity contribution in [2.75, 3.05) is 35.5 Å². The van der Waals surface area contributed by atoms with Gasteiger partial charge in [0.2, 0.25) is 5.75 Å². The quantitative estimate of drug-likeness (QED) is 0.328. The fraction of sp³-hybridized carbons (Fsp3) is 0.261. The highest BCUT2D eigenvalue weighted by Crippen LogP contribution is 2.48. The van der Waals surface area contributed by atoms with E-state index in [1.54, 1.807) is 30.3 Å². The second-order valence-electron chi connectivity index (χ2n) is 6.04. The Hall–Kier alpha value is -3.29. The molecule has 0 saturated carbocycles. The highest BCUT2D eigenvalue weighted by atomic mass is 16.8. The number of hydrogen-bond donors (Lipinski definition) is 0. The molecule has 2 aromatic carbocycles. The Kier molecular flexibility index (Phi) is 8.03. The molecule has 0 fully saturated rings. The third-order valence-electron chi connectivity index (χ3n) is 4.41. The molecule has 0 amide bonds. The van der Waals surface area contributed by atoms with Gasteiger partial charge in [-0.25, -0.2) is 4.79 Å². The molecule has 0 aliphatic rings. The summed E-state index contributed by atoms with van der Waals surface area (Å²) >= 11 is 0. The molecule has 0 aliphatic carbocycles. The van der Waals surface area contributed by atoms with Gasteiger partial charge >= 0.3 is 12.4 Å². The van der Waals surface area contributed by atoms with Crippen LogP contribution in [-0.2, 0) is 19.0 Å². The lowest BCUT2D eigenvalue weighted by molar-refractivity contribution is -0.219. The Labute approximate surface area is 176 Å². The number of ether oxygens (including phenoxy) is 6. The van der Waals surface area contributed by atoms with Crippen molar-refractivity contribution < 1.29 is 33.2 Å². The monoisotopic (exact) mass is 414 g/mol. The summed E-state index contributed by atoms with van der Waals surface area (Å²) in [6.45, 7) is 6.73. The third-order valence-corrected chi connectivity index (χ3v) is 4.41. The fourth-order valence-electron chi connectivity index (χ4n) is 2.94. The van der Waals surface area contributed by atoms with Crippen LogP contribution < -0.4 is 14.2 Å². The van der Waals surface area contributed by atoms with E-state index in [1.807, 2.05) is 6.07 Å². The predicted molar refractivity (Wildman–Crippen MR) is 115 cm³/mol. The zero-order valence-corrected chi connectivity index (χ0v) is 17.8. The van der Waals surface area contributed by atoms with Crippen molar-refractivity contribution in [3.63, 3.8) is 0 Å². The molecule has 0 spiro atoms. The maximum Gasteiger partial charge on any atom is 0.337 e. The van der Waals surface area contributed by atoms with Crippen molar-refractivity contribution >= 4 is 17.6 Å². The minimum absolute atomic E-state index is 0.231. The van der Waals surface area contributed by atoms with E-state index in [0.29, 0.717) is 28.4 Å². The van der Waals surface area contributed by atoms with E-state index < -0.39 is 12.4 Å². The van der Waals surface area contributed by atoms with Gasteiger partial charge in [-0.05, 0) is 28.8 Å².